The average molecular weight is 377 g/mol. The average Bonchev–Trinajstić information content (AvgIpc) is 3.08. The summed E-state index contributed by atoms with van der Waals surface area (Å²) in [6.07, 6.45) is 3.71. The number of carbonyl (C=O) groups is 1. The minimum absolute atomic E-state index is 0.266. The molecule has 0 saturated carbocycles. The summed E-state index contributed by atoms with van der Waals surface area (Å²) in [4.78, 5) is 22.6. The minimum atomic E-state index is -0.266. The first-order valence-electron chi connectivity index (χ1n) is 7.32. The number of aromatic nitrogens is 2. The van der Waals surface area contributed by atoms with Gasteiger partial charge in [-0.05, 0) is 37.1 Å². The molecule has 3 rings (SSSR count). The van der Waals surface area contributed by atoms with Crippen LogP contribution in [-0.4, -0.2) is 29.0 Å². The van der Waals surface area contributed by atoms with Crippen LogP contribution >= 0.6 is 15.9 Å². The van der Waals surface area contributed by atoms with Crippen LogP contribution in [0.3, 0.4) is 0 Å². The number of nitrogens with two attached hydrogens (primary N) is 1. The Morgan fingerprint density at radius 3 is 2.57 bits per heavy atom. The molecule has 1 aromatic heterocycles. The first-order chi connectivity index (χ1) is 11.1. The summed E-state index contributed by atoms with van der Waals surface area (Å²) in [6.45, 7) is 1.87. The number of hydrazine groups is 1. The first-order valence-corrected chi connectivity index (χ1v) is 8.12. The van der Waals surface area contributed by atoms with Crippen molar-refractivity contribution in [1.82, 2.24) is 15.4 Å². The number of nitrogens with one attached hydrogen (secondary N) is 2. The zero-order chi connectivity index (χ0) is 16.2. The normalized spacial score (nSPS) is 13.9. The maximum Gasteiger partial charge on any atom is 0.269 e. The highest BCUT2D eigenvalue weighted by Gasteiger charge is 2.18. The van der Waals surface area contributed by atoms with Crippen LogP contribution in [-0.2, 0) is 0 Å². The fourth-order valence-corrected chi connectivity index (χ4v) is 2.72. The lowest BCUT2D eigenvalue weighted by molar-refractivity contribution is 0.0962. The Labute approximate surface area is 142 Å². The number of anilines is 3. The van der Waals surface area contributed by atoms with E-state index in [-0.39, 0.29) is 5.91 Å². The number of halogens is 1. The Hall–Kier alpha value is -2.35. The van der Waals surface area contributed by atoms with E-state index < -0.39 is 0 Å². The quantitative estimate of drug-likeness (QED) is 0.707. The number of amides is 1. The molecule has 1 aliphatic heterocycles. The second-order valence-corrected chi connectivity index (χ2v) is 6.16. The minimum Gasteiger partial charge on any atom is -0.393 e. The zero-order valence-electron chi connectivity index (χ0n) is 12.4. The summed E-state index contributed by atoms with van der Waals surface area (Å²) in [5, 5.41) is 0. The summed E-state index contributed by atoms with van der Waals surface area (Å²) in [5.74, 6) is 0.837. The fourth-order valence-electron chi connectivity index (χ4n) is 2.46. The van der Waals surface area contributed by atoms with Crippen LogP contribution in [0.1, 0.15) is 23.2 Å². The van der Waals surface area contributed by atoms with Gasteiger partial charge in [0.25, 0.3) is 5.91 Å². The van der Waals surface area contributed by atoms with E-state index in [9.17, 15) is 4.79 Å². The highest BCUT2D eigenvalue weighted by atomic mass is 79.9. The van der Waals surface area contributed by atoms with Crippen molar-refractivity contribution in [1.29, 1.82) is 0 Å². The van der Waals surface area contributed by atoms with Crippen molar-refractivity contribution in [3.05, 3.63) is 40.6 Å². The van der Waals surface area contributed by atoms with Crippen molar-refractivity contribution in [2.24, 2.45) is 0 Å². The van der Waals surface area contributed by atoms with Crippen molar-refractivity contribution in [3.63, 3.8) is 0 Å². The van der Waals surface area contributed by atoms with E-state index in [1.165, 1.54) is 6.33 Å². The highest BCUT2D eigenvalue weighted by molar-refractivity contribution is 9.10. The predicted octanol–water partition coefficient (Wildman–Crippen LogP) is 2.18. The van der Waals surface area contributed by atoms with Gasteiger partial charge in [0.2, 0.25) is 0 Å². The van der Waals surface area contributed by atoms with Crippen LogP contribution in [0.2, 0.25) is 0 Å². The Morgan fingerprint density at radius 2 is 1.87 bits per heavy atom. The molecular formula is C15H17BrN6O. The SMILES string of the molecule is Nc1c(NNC(=O)c2ccc(Br)cc2)ncnc1N1CCCC1. The van der Waals surface area contributed by atoms with Gasteiger partial charge in [-0.3, -0.25) is 15.6 Å². The van der Waals surface area contributed by atoms with Crippen molar-refractivity contribution in [3.8, 4) is 0 Å². The summed E-state index contributed by atoms with van der Waals surface area (Å²) in [6, 6.07) is 7.05. The van der Waals surface area contributed by atoms with Crippen molar-refractivity contribution < 1.29 is 4.79 Å². The van der Waals surface area contributed by atoms with Gasteiger partial charge in [0.15, 0.2) is 11.6 Å². The number of hydrogen-bond acceptors (Lipinski definition) is 6. The van der Waals surface area contributed by atoms with Gasteiger partial charge >= 0.3 is 0 Å². The first kappa shape index (κ1) is 15.5. The molecule has 0 unspecified atom stereocenters. The lowest BCUT2D eigenvalue weighted by Crippen LogP contribution is -2.31. The van der Waals surface area contributed by atoms with E-state index in [0.29, 0.717) is 22.9 Å². The molecule has 1 aromatic carbocycles. The van der Waals surface area contributed by atoms with Crippen LogP contribution in [0, 0.1) is 0 Å². The lowest BCUT2D eigenvalue weighted by Gasteiger charge is -2.19. The number of benzene rings is 1. The molecule has 0 radical (unpaired) electrons. The van der Waals surface area contributed by atoms with E-state index in [4.69, 9.17) is 5.73 Å². The highest BCUT2D eigenvalue weighted by Crippen LogP contribution is 2.28. The molecule has 23 heavy (non-hydrogen) atoms. The molecule has 7 nitrogen and oxygen atoms in total. The molecule has 2 heterocycles. The van der Waals surface area contributed by atoms with Gasteiger partial charge in [-0.25, -0.2) is 9.97 Å². The van der Waals surface area contributed by atoms with Gasteiger partial charge < -0.3 is 10.6 Å². The maximum absolute atomic E-state index is 12.1. The van der Waals surface area contributed by atoms with Crippen LogP contribution in [0.25, 0.3) is 0 Å². The van der Waals surface area contributed by atoms with E-state index >= 15 is 0 Å². The van der Waals surface area contributed by atoms with Gasteiger partial charge in [0, 0.05) is 23.1 Å². The second kappa shape index (κ2) is 6.82. The summed E-state index contributed by atoms with van der Waals surface area (Å²) in [5.41, 5.74) is 12.5. The van der Waals surface area contributed by atoms with E-state index in [2.05, 4.69) is 41.6 Å². The molecular weight excluding hydrogens is 360 g/mol. The summed E-state index contributed by atoms with van der Waals surface area (Å²) < 4.78 is 0.914. The fraction of sp³-hybridized carbons (Fsp3) is 0.267. The van der Waals surface area contributed by atoms with E-state index in [1.54, 1.807) is 24.3 Å². The Kier molecular flexibility index (Phi) is 4.61. The van der Waals surface area contributed by atoms with Crippen molar-refractivity contribution in [2.75, 3.05) is 29.1 Å². The molecule has 1 amide bonds. The molecule has 0 bridgehead atoms. The van der Waals surface area contributed by atoms with Crippen molar-refractivity contribution in [2.45, 2.75) is 12.8 Å². The topological polar surface area (TPSA) is 96.2 Å². The third-order valence-corrected chi connectivity index (χ3v) is 4.20. The zero-order valence-corrected chi connectivity index (χ0v) is 14.0. The number of carbonyl (C=O) groups excluding carboxylic acids is 1. The lowest BCUT2D eigenvalue weighted by atomic mass is 10.2. The van der Waals surface area contributed by atoms with Gasteiger partial charge in [-0.1, -0.05) is 15.9 Å². The maximum atomic E-state index is 12.1. The smallest absolute Gasteiger partial charge is 0.269 e. The molecule has 0 atom stereocenters. The largest absolute Gasteiger partial charge is 0.393 e. The van der Waals surface area contributed by atoms with Crippen LogP contribution in [0.5, 0.6) is 0 Å². The van der Waals surface area contributed by atoms with E-state index in [1.807, 2.05) is 0 Å². The molecule has 1 aliphatic rings. The van der Waals surface area contributed by atoms with Crippen LogP contribution in [0.4, 0.5) is 17.3 Å². The molecule has 1 saturated heterocycles. The molecule has 120 valence electrons. The van der Waals surface area contributed by atoms with Crippen molar-refractivity contribution >= 4 is 39.2 Å². The Bertz CT molecular complexity index is 700. The molecule has 1 fully saturated rings. The number of hydrogen-bond donors (Lipinski definition) is 3. The molecule has 0 aliphatic carbocycles. The Balaban J connectivity index is 1.69. The standard InChI is InChI=1S/C15H17BrN6O/c16-11-5-3-10(4-6-11)15(23)21-20-13-12(17)14(19-9-18-13)22-7-1-2-8-22/h3-6,9H,1-2,7-8,17H2,(H,21,23)(H,18,19,20). The molecule has 4 N–H and O–H groups in total. The van der Waals surface area contributed by atoms with Gasteiger partial charge in [-0.2, -0.15) is 0 Å². The van der Waals surface area contributed by atoms with Gasteiger partial charge in [-0.15, -0.1) is 0 Å². The third-order valence-electron chi connectivity index (χ3n) is 3.67. The Morgan fingerprint density at radius 1 is 1.17 bits per heavy atom. The monoisotopic (exact) mass is 376 g/mol. The predicted molar refractivity (Wildman–Crippen MR) is 93.1 cm³/mol. The number of rotatable bonds is 4. The number of nitrogen functional groups attached to an aromatic ring is 1. The van der Waals surface area contributed by atoms with Gasteiger partial charge in [0.05, 0.1) is 0 Å². The summed E-state index contributed by atoms with van der Waals surface area (Å²) >= 11 is 3.33. The molecule has 8 heteroatoms. The molecule has 0 spiro atoms. The second-order valence-electron chi connectivity index (χ2n) is 5.24. The van der Waals surface area contributed by atoms with Gasteiger partial charge in [0.1, 0.15) is 12.0 Å². The molecule has 2 aromatic rings. The number of nitrogens with zero attached hydrogens (tertiary/aromatic N) is 3. The van der Waals surface area contributed by atoms with Crippen LogP contribution < -0.4 is 21.5 Å². The summed E-state index contributed by atoms with van der Waals surface area (Å²) in [7, 11) is 0. The van der Waals surface area contributed by atoms with Crippen LogP contribution in [0.15, 0.2) is 35.1 Å². The van der Waals surface area contributed by atoms with E-state index in [0.717, 1.165) is 30.4 Å². The third kappa shape index (κ3) is 3.53.